The van der Waals surface area contributed by atoms with Gasteiger partial charge in [-0.05, 0) is 36.4 Å². The van der Waals surface area contributed by atoms with Gasteiger partial charge >= 0.3 is 0 Å². The lowest BCUT2D eigenvalue weighted by Crippen LogP contribution is -1.91. The molecule has 0 spiro atoms. The molecule has 1 aromatic carbocycles. The Kier molecular flexibility index (Phi) is 3.60. The highest BCUT2D eigenvalue weighted by atomic mass is 32.1. The van der Waals surface area contributed by atoms with Crippen molar-refractivity contribution in [3.8, 4) is 16.5 Å². The van der Waals surface area contributed by atoms with E-state index in [1.165, 1.54) is 0 Å². The summed E-state index contributed by atoms with van der Waals surface area (Å²) in [5, 5.41) is 6.15. The van der Waals surface area contributed by atoms with Crippen molar-refractivity contribution in [3.05, 3.63) is 54.0 Å². The Morgan fingerprint density at radius 1 is 1.10 bits per heavy atom. The van der Waals surface area contributed by atoms with Gasteiger partial charge in [-0.3, -0.25) is 4.98 Å². The van der Waals surface area contributed by atoms with Crippen LogP contribution in [0.25, 0.3) is 10.7 Å². The number of methoxy groups -OCH3 is 1. The van der Waals surface area contributed by atoms with E-state index in [-0.39, 0.29) is 0 Å². The van der Waals surface area contributed by atoms with Crippen LogP contribution in [0.3, 0.4) is 0 Å². The number of anilines is 2. The first-order chi connectivity index (χ1) is 9.85. The number of pyridine rings is 1. The summed E-state index contributed by atoms with van der Waals surface area (Å²) in [6.07, 6.45) is 1.77. The highest BCUT2D eigenvalue weighted by Gasteiger charge is 2.05. The molecule has 20 heavy (non-hydrogen) atoms. The minimum absolute atomic E-state index is 0.820. The van der Waals surface area contributed by atoms with Gasteiger partial charge in [-0.25, -0.2) is 4.98 Å². The van der Waals surface area contributed by atoms with Gasteiger partial charge in [0.2, 0.25) is 0 Å². The predicted molar refractivity (Wildman–Crippen MR) is 81.6 cm³/mol. The van der Waals surface area contributed by atoms with Gasteiger partial charge in [0.1, 0.15) is 16.6 Å². The molecular weight excluding hydrogens is 270 g/mol. The number of ether oxygens (including phenoxy) is 1. The SMILES string of the molecule is COc1ccc(Nc2csc(-c3ccccn3)n2)cc1. The largest absolute Gasteiger partial charge is 0.497 e. The van der Waals surface area contributed by atoms with Gasteiger partial charge in [-0.2, -0.15) is 0 Å². The number of hydrogen-bond donors (Lipinski definition) is 1. The van der Waals surface area contributed by atoms with Gasteiger partial charge in [0.25, 0.3) is 0 Å². The minimum Gasteiger partial charge on any atom is -0.497 e. The Morgan fingerprint density at radius 2 is 1.95 bits per heavy atom. The minimum atomic E-state index is 0.820. The fourth-order valence-corrected chi connectivity index (χ4v) is 2.49. The van der Waals surface area contributed by atoms with Crippen LogP contribution in [0.2, 0.25) is 0 Å². The summed E-state index contributed by atoms with van der Waals surface area (Å²) < 4.78 is 5.13. The van der Waals surface area contributed by atoms with E-state index < -0.39 is 0 Å². The van der Waals surface area contributed by atoms with Crippen LogP contribution in [0.4, 0.5) is 11.5 Å². The zero-order valence-corrected chi connectivity index (χ0v) is 11.7. The van der Waals surface area contributed by atoms with Gasteiger partial charge < -0.3 is 10.1 Å². The molecule has 0 amide bonds. The topological polar surface area (TPSA) is 47.0 Å². The van der Waals surface area contributed by atoms with Gasteiger partial charge in [0.05, 0.1) is 12.8 Å². The normalized spacial score (nSPS) is 10.2. The molecule has 0 saturated heterocycles. The van der Waals surface area contributed by atoms with E-state index in [4.69, 9.17) is 4.74 Å². The van der Waals surface area contributed by atoms with Crippen molar-refractivity contribution in [2.75, 3.05) is 12.4 Å². The molecule has 0 fully saturated rings. The predicted octanol–water partition coefficient (Wildman–Crippen LogP) is 3.96. The summed E-state index contributed by atoms with van der Waals surface area (Å²) in [5.74, 6) is 1.66. The van der Waals surface area contributed by atoms with Gasteiger partial charge in [-0.1, -0.05) is 6.07 Å². The first kappa shape index (κ1) is 12.6. The van der Waals surface area contributed by atoms with E-state index in [0.717, 1.165) is 28.0 Å². The third-order valence-corrected chi connectivity index (χ3v) is 3.62. The molecule has 0 radical (unpaired) electrons. The molecule has 0 atom stereocenters. The van der Waals surface area contributed by atoms with Crippen LogP contribution in [0.15, 0.2) is 54.0 Å². The fourth-order valence-electron chi connectivity index (χ4n) is 1.76. The zero-order chi connectivity index (χ0) is 13.8. The van der Waals surface area contributed by atoms with Crippen LogP contribution >= 0.6 is 11.3 Å². The molecule has 3 aromatic rings. The van der Waals surface area contributed by atoms with Crippen LogP contribution in [0, 0.1) is 0 Å². The highest BCUT2D eigenvalue weighted by Crippen LogP contribution is 2.26. The molecule has 0 aliphatic rings. The first-order valence-electron chi connectivity index (χ1n) is 6.13. The second-order valence-electron chi connectivity index (χ2n) is 4.11. The molecule has 0 aliphatic heterocycles. The smallest absolute Gasteiger partial charge is 0.144 e. The first-order valence-corrected chi connectivity index (χ1v) is 7.01. The lowest BCUT2D eigenvalue weighted by molar-refractivity contribution is 0.415. The molecule has 1 N–H and O–H groups in total. The second-order valence-corrected chi connectivity index (χ2v) is 4.96. The maximum Gasteiger partial charge on any atom is 0.144 e. The van der Waals surface area contributed by atoms with Crippen LogP contribution < -0.4 is 10.1 Å². The summed E-state index contributed by atoms with van der Waals surface area (Å²) in [6, 6.07) is 13.5. The molecule has 2 heterocycles. The molecule has 0 saturated carbocycles. The van der Waals surface area contributed by atoms with Crippen molar-refractivity contribution in [1.82, 2.24) is 9.97 Å². The molecule has 100 valence electrons. The molecule has 0 bridgehead atoms. The number of nitrogens with zero attached hydrogens (tertiary/aromatic N) is 2. The molecule has 0 aliphatic carbocycles. The Bertz CT molecular complexity index is 680. The lowest BCUT2D eigenvalue weighted by Gasteiger charge is -2.04. The van der Waals surface area contributed by atoms with Crippen molar-refractivity contribution in [2.24, 2.45) is 0 Å². The third kappa shape index (κ3) is 2.78. The van der Waals surface area contributed by atoms with Crippen LogP contribution in [-0.2, 0) is 0 Å². The van der Waals surface area contributed by atoms with E-state index in [2.05, 4.69) is 15.3 Å². The summed E-state index contributed by atoms with van der Waals surface area (Å²) in [6.45, 7) is 0. The van der Waals surface area contributed by atoms with Gasteiger partial charge in [-0.15, -0.1) is 11.3 Å². The monoisotopic (exact) mass is 283 g/mol. The number of nitrogens with one attached hydrogen (secondary N) is 1. The standard InChI is InChI=1S/C15H13N3OS/c1-19-12-7-5-11(6-8-12)17-14-10-20-15(18-14)13-4-2-3-9-16-13/h2-10,17H,1H3. The maximum absolute atomic E-state index is 5.13. The van der Waals surface area contributed by atoms with Gasteiger partial charge in [0.15, 0.2) is 0 Å². The Balaban J connectivity index is 1.77. The summed E-state index contributed by atoms with van der Waals surface area (Å²) in [4.78, 5) is 8.83. The number of benzene rings is 1. The summed E-state index contributed by atoms with van der Waals surface area (Å²) in [7, 11) is 1.65. The Hall–Kier alpha value is -2.40. The Morgan fingerprint density at radius 3 is 2.65 bits per heavy atom. The number of hydrogen-bond acceptors (Lipinski definition) is 5. The summed E-state index contributed by atoms with van der Waals surface area (Å²) >= 11 is 1.57. The van der Waals surface area contributed by atoms with Crippen LogP contribution in [0.5, 0.6) is 5.75 Å². The molecule has 2 aromatic heterocycles. The fraction of sp³-hybridized carbons (Fsp3) is 0.0667. The average Bonchev–Trinajstić information content (AvgIpc) is 2.97. The maximum atomic E-state index is 5.13. The number of rotatable bonds is 4. The molecule has 4 nitrogen and oxygen atoms in total. The van der Waals surface area contributed by atoms with E-state index in [1.807, 2.05) is 47.8 Å². The third-order valence-electron chi connectivity index (χ3n) is 2.75. The van der Waals surface area contributed by atoms with Crippen LogP contribution in [-0.4, -0.2) is 17.1 Å². The quantitative estimate of drug-likeness (QED) is 0.787. The van der Waals surface area contributed by atoms with Crippen molar-refractivity contribution < 1.29 is 4.74 Å². The molecule has 3 rings (SSSR count). The van der Waals surface area contributed by atoms with Crippen molar-refractivity contribution in [1.29, 1.82) is 0 Å². The van der Waals surface area contributed by atoms with Crippen molar-refractivity contribution in [2.45, 2.75) is 0 Å². The summed E-state index contributed by atoms with van der Waals surface area (Å²) in [5.41, 5.74) is 1.86. The highest BCUT2D eigenvalue weighted by molar-refractivity contribution is 7.13. The average molecular weight is 283 g/mol. The van der Waals surface area contributed by atoms with Crippen molar-refractivity contribution in [3.63, 3.8) is 0 Å². The Labute approximate surface area is 121 Å². The zero-order valence-electron chi connectivity index (χ0n) is 10.9. The molecule has 5 heteroatoms. The second kappa shape index (κ2) is 5.71. The van der Waals surface area contributed by atoms with Gasteiger partial charge in [0, 0.05) is 17.3 Å². The number of aromatic nitrogens is 2. The molecule has 0 unspecified atom stereocenters. The van der Waals surface area contributed by atoms with E-state index >= 15 is 0 Å². The lowest BCUT2D eigenvalue weighted by atomic mass is 10.3. The molecular formula is C15H13N3OS. The van der Waals surface area contributed by atoms with Crippen molar-refractivity contribution >= 4 is 22.8 Å². The number of thiazole rings is 1. The van der Waals surface area contributed by atoms with E-state index in [0.29, 0.717) is 0 Å². The van der Waals surface area contributed by atoms with Crippen LogP contribution in [0.1, 0.15) is 0 Å². The van der Waals surface area contributed by atoms with E-state index in [1.54, 1.807) is 24.6 Å². The van der Waals surface area contributed by atoms with E-state index in [9.17, 15) is 0 Å².